The van der Waals surface area contributed by atoms with Crippen molar-refractivity contribution in [2.24, 2.45) is 11.1 Å². The quantitative estimate of drug-likeness (QED) is 0.556. The molecule has 0 aromatic heterocycles. The normalized spacial score (nSPS) is 12.0. The molecule has 3 nitrogen and oxygen atoms in total. The number of rotatable bonds is 11. The Bertz CT molecular complexity index is 147. The molecule has 0 aliphatic carbocycles. The average molecular weight is 231 g/mol. The summed E-state index contributed by atoms with van der Waals surface area (Å²) in [5.41, 5.74) is 5.64. The van der Waals surface area contributed by atoms with Crippen LogP contribution in [-0.2, 0) is 9.47 Å². The first-order chi connectivity index (χ1) is 7.74. The van der Waals surface area contributed by atoms with Crippen molar-refractivity contribution in [2.75, 3.05) is 33.0 Å². The molecule has 2 N–H and O–H groups in total. The highest BCUT2D eigenvalue weighted by molar-refractivity contribution is 4.76. The lowest BCUT2D eigenvalue weighted by Crippen LogP contribution is -2.31. The molecule has 0 aromatic rings. The van der Waals surface area contributed by atoms with Gasteiger partial charge in [-0.05, 0) is 32.2 Å². The summed E-state index contributed by atoms with van der Waals surface area (Å²) in [6.07, 6.45) is 4.24. The van der Waals surface area contributed by atoms with Gasteiger partial charge >= 0.3 is 0 Å². The molecule has 0 fully saturated rings. The van der Waals surface area contributed by atoms with Crippen LogP contribution in [0.5, 0.6) is 0 Å². The van der Waals surface area contributed by atoms with Crippen LogP contribution in [0.3, 0.4) is 0 Å². The zero-order valence-electron chi connectivity index (χ0n) is 11.3. The van der Waals surface area contributed by atoms with E-state index in [1.807, 2.05) is 0 Å². The van der Waals surface area contributed by atoms with Crippen molar-refractivity contribution in [3.8, 4) is 0 Å². The molecular weight excluding hydrogens is 202 g/mol. The van der Waals surface area contributed by atoms with E-state index in [4.69, 9.17) is 15.2 Å². The Morgan fingerprint density at radius 3 is 1.94 bits per heavy atom. The second kappa shape index (κ2) is 10.1. The summed E-state index contributed by atoms with van der Waals surface area (Å²) in [5.74, 6) is 0. The van der Waals surface area contributed by atoms with E-state index in [1.54, 1.807) is 0 Å². The summed E-state index contributed by atoms with van der Waals surface area (Å²) in [6.45, 7) is 10.5. The lowest BCUT2D eigenvalue weighted by molar-refractivity contribution is -0.0273. The van der Waals surface area contributed by atoms with Crippen LogP contribution in [-0.4, -0.2) is 33.0 Å². The van der Waals surface area contributed by atoms with E-state index >= 15 is 0 Å². The van der Waals surface area contributed by atoms with Crippen molar-refractivity contribution in [1.29, 1.82) is 0 Å². The molecule has 0 unspecified atom stereocenters. The summed E-state index contributed by atoms with van der Waals surface area (Å²) in [6, 6.07) is 0. The van der Waals surface area contributed by atoms with E-state index in [2.05, 4.69) is 20.8 Å². The summed E-state index contributed by atoms with van der Waals surface area (Å²) < 4.78 is 11.4. The fourth-order valence-corrected chi connectivity index (χ4v) is 1.61. The summed E-state index contributed by atoms with van der Waals surface area (Å²) in [5, 5.41) is 0. The molecule has 0 spiro atoms. The molecular formula is C13H29NO2. The van der Waals surface area contributed by atoms with Gasteiger partial charge in [0, 0.05) is 18.6 Å². The molecule has 0 rings (SSSR count). The molecule has 0 radical (unpaired) electrons. The molecule has 0 amide bonds. The second-order valence-electron chi connectivity index (χ2n) is 4.45. The first-order valence-electron chi connectivity index (χ1n) is 6.60. The molecule has 0 aliphatic heterocycles. The molecule has 98 valence electrons. The highest BCUT2D eigenvalue weighted by atomic mass is 16.5. The third-order valence-corrected chi connectivity index (χ3v) is 3.16. The highest BCUT2D eigenvalue weighted by Gasteiger charge is 2.26. The Hall–Kier alpha value is -0.120. The van der Waals surface area contributed by atoms with Crippen molar-refractivity contribution >= 4 is 0 Å². The van der Waals surface area contributed by atoms with Gasteiger partial charge in [0.25, 0.3) is 0 Å². The van der Waals surface area contributed by atoms with Crippen LogP contribution in [0, 0.1) is 5.41 Å². The minimum atomic E-state index is 0.198. The van der Waals surface area contributed by atoms with Gasteiger partial charge < -0.3 is 15.2 Å². The van der Waals surface area contributed by atoms with E-state index in [9.17, 15) is 0 Å². The first-order valence-corrected chi connectivity index (χ1v) is 6.60. The maximum absolute atomic E-state index is 5.69. The summed E-state index contributed by atoms with van der Waals surface area (Å²) in [4.78, 5) is 0. The van der Waals surface area contributed by atoms with E-state index in [-0.39, 0.29) is 5.41 Å². The van der Waals surface area contributed by atoms with Crippen molar-refractivity contribution < 1.29 is 9.47 Å². The third-order valence-electron chi connectivity index (χ3n) is 3.16. The number of hydrogen-bond donors (Lipinski definition) is 1. The Balaban J connectivity index is 3.90. The van der Waals surface area contributed by atoms with Gasteiger partial charge in [-0.15, -0.1) is 0 Å². The van der Waals surface area contributed by atoms with Crippen LogP contribution in [0.15, 0.2) is 0 Å². The zero-order valence-corrected chi connectivity index (χ0v) is 11.3. The third kappa shape index (κ3) is 6.46. The van der Waals surface area contributed by atoms with Gasteiger partial charge in [0.15, 0.2) is 0 Å². The number of nitrogens with two attached hydrogens (primary N) is 1. The summed E-state index contributed by atoms with van der Waals surface area (Å²) >= 11 is 0. The zero-order chi connectivity index (χ0) is 12.3. The lowest BCUT2D eigenvalue weighted by atomic mass is 9.84. The molecule has 0 atom stereocenters. The van der Waals surface area contributed by atoms with Crippen molar-refractivity contribution in [3.05, 3.63) is 0 Å². The van der Waals surface area contributed by atoms with Gasteiger partial charge in [0.05, 0.1) is 13.2 Å². The minimum Gasteiger partial charge on any atom is -0.381 e. The topological polar surface area (TPSA) is 44.5 Å². The van der Waals surface area contributed by atoms with Gasteiger partial charge in [0.1, 0.15) is 0 Å². The van der Waals surface area contributed by atoms with Crippen molar-refractivity contribution in [2.45, 2.75) is 46.5 Å². The van der Waals surface area contributed by atoms with Gasteiger partial charge in [0.2, 0.25) is 0 Å². The Labute approximate surface area is 101 Å². The van der Waals surface area contributed by atoms with Gasteiger partial charge in [-0.3, -0.25) is 0 Å². The Morgan fingerprint density at radius 1 is 0.938 bits per heavy atom. The van der Waals surface area contributed by atoms with E-state index in [1.165, 1.54) is 0 Å². The van der Waals surface area contributed by atoms with E-state index in [0.29, 0.717) is 6.54 Å². The van der Waals surface area contributed by atoms with Gasteiger partial charge in [-0.1, -0.05) is 20.8 Å². The molecule has 3 heteroatoms. The molecule has 0 saturated carbocycles. The van der Waals surface area contributed by atoms with Crippen LogP contribution < -0.4 is 5.73 Å². The summed E-state index contributed by atoms with van der Waals surface area (Å²) in [7, 11) is 0. The predicted molar refractivity (Wildman–Crippen MR) is 68.6 cm³/mol. The second-order valence-corrected chi connectivity index (χ2v) is 4.45. The van der Waals surface area contributed by atoms with Crippen LogP contribution in [0.4, 0.5) is 0 Å². The smallest absolute Gasteiger partial charge is 0.0544 e. The molecule has 0 aromatic carbocycles. The Morgan fingerprint density at radius 2 is 1.50 bits per heavy atom. The average Bonchev–Trinajstić information content (AvgIpc) is 2.33. The van der Waals surface area contributed by atoms with Crippen molar-refractivity contribution in [3.63, 3.8) is 0 Å². The van der Waals surface area contributed by atoms with Crippen LogP contribution in [0.2, 0.25) is 0 Å². The number of ether oxygens (including phenoxy) is 2. The first kappa shape index (κ1) is 15.9. The van der Waals surface area contributed by atoms with Gasteiger partial charge in [-0.25, -0.2) is 0 Å². The van der Waals surface area contributed by atoms with Crippen LogP contribution in [0.25, 0.3) is 0 Å². The minimum absolute atomic E-state index is 0.198. The molecule has 16 heavy (non-hydrogen) atoms. The monoisotopic (exact) mass is 231 g/mol. The standard InChI is InChI=1S/C13H29NO2/c1-4-9-15-11-13(5-2,6-3)12-16-10-7-8-14/h4-12,14H2,1-3H3. The molecule has 0 aliphatic rings. The number of hydrogen-bond acceptors (Lipinski definition) is 3. The fraction of sp³-hybridized carbons (Fsp3) is 1.00. The van der Waals surface area contributed by atoms with Crippen LogP contribution in [0.1, 0.15) is 46.5 Å². The molecule has 0 saturated heterocycles. The SMILES string of the molecule is CCCOCC(CC)(CC)COCCCN. The molecule has 0 heterocycles. The van der Waals surface area contributed by atoms with Crippen LogP contribution >= 0.6 is 0 Å². The van der Waals surface area contributed by atoms with Crippen molar-refractivity contribution in [1.82, 2.24) is 0 Å². The fourth-order valence-electron chi connectivity index (χ4n) is 1.61. The lowest BCUT2D eigenvalue weighted by Gasteiger charge is -2.31. The highest BCUT2D eigenvalue weighted by Crippen LogP contribution is 2.27. The maximum atomic E-state index is 5.69. The predicted octanol–water partition coefficient (Wildman–Crippen LogP) is 2.58. The Kier molecular flexibility index (Phi) is 9.99. The largest absolute Gasteiger partial charge is 0.381 e. The molecule has 0 bridgehead atoms. The van der Waals surface area contributed by atoms with E-state index < -0.39 is 0 Å². The van der Waals surface area contributed by atoms with E-state index in [0.717, 1.165) is 52.1 Å². The van der Waals surface area contributed by atoms with Gasteiger partial charge in [-0.2, -0.15) is 0 Å². The maximum Gasteiger partial charge on any atom is 0.0544 e.